The Balaban J connectivity index is 1.81. The lowest BCUT2D eigenvalue weighted by atomic mass is 10.0. The molecule has 0 spiro atoms. The van der Waals surface area contributed by atoms with Crippen molar-refractivity contribution < 1.29 is 5.11 Å². The maximum Gasteiger partial charge on any atom is 0.0942 e. The van der Waals surface area contributed by atoms with Gasteiger partial charge in [-0.2, -0.15) is 0 Å². The third-order valence-electron chi connectivity index (χ3n) is 4.63. The highest BCUT2D eigenvalue weighted by Gasteiger charge is 2.23. The predicted octanol–water partition coefficient (Wildman–Crippen LogP) is 4.81. The number of aliphatic hydroxyl groups excluding tert-OH is 1. The van der Waals surface area contributed by atoms with Crippen LogP contribution in [0.25, 0.3) is 0 Å². The molecule has 2 heteroatoms. The van der Waals surface area contributed by atoms with E-state index in [0.29, 0.717) is 0 Å². The van der Waals surface area contributed by atoms with E-state index in [9.17, 15) is 5.11 Å². The fourth-order valence-electron chi connectivity index (χ4n) is 3.11. The van der Waals surface area contributed by atoms with E-state index in [4.69, 9.17) is 0 Å². The Labute approximate surface area is 150 Å². The van der Waals surface area contributed by atoms with Gasteiger partial charge in [-0.25, -0.2) is 0 Å². The lowest BCUT2D eigenvalue weighted by molar-refractivity contribution is 0.0484. The van der Waals surface area contributed by atoms with Gasteiger partial charge in [0.1, 0.15) is 0 Å². The summed E-state index contributed by atoms with van der Waals surface area (Å²) in [7, 11) is 0. The van der Waals surface area contributed by atoms with Crippen molar-refractivity contribution in [1.82, 2.24) is 4.90 Å². The fourth-order valence-corrected chi connectivity index (χ4v) is 3.11. The first-order chi connectivity index (χ1) is 12.2. The number of benzene rings is 3. The highest BCUT2D eigenvalue weighted by atomic mass is 16.3. The molecule has 0 amide bonds. The number of nitrogens with zero attached hydrogens (tertiary/aromatic N) is 1. The number of hydrogen-bond acceptors (Lipinski definition) is 2. The molecule has 25 heavy (non-hydrogen) atoms. The van der Waals surface area contributed by atoms with E-state index in [1.165, 1.54) is 11.1 Å². The molecule has 0 bridgehead atoms. The molecule has 0 fully saturated rings. The van der Waals surface area contributed by atoms with Crippen molar-refractivity contribution in [2.45, 2.75) is 32.2 Å². The number of rotatable bonds is 7. The van der Waals surface area contributed by atoms with Crippen LogP contribution in [0.2, 0.25) is 0 Å². The van der Waals surface area contributed by atoms with Crippen LogP contribution < -0.4 is 0 Å². The SMILES string of the molecule is C[C@@H]([C@@H](O)c1ccccc1)N(Cc1ccccc1)Cc1ccccc1. The van der Waals surface area contributed by atoms with Crippen LogP contribution in [0.15, 0.2) is 91.0 Å². The molecule has 128 valence electrons. The van der Waals surface area contributed by atoms with Crippen LogP contribution in [0.5, 0.6) is 0 Å². The van der Waals surface area contributed by atoms with Crippen molar-refractivity contribution in [3.63, 3.8) is 0 Å². The summed E-state index contributed by atoms with van der Waals surface area (Å²) in [6, 6.07) is 30.8. The maximum atomic E-state index is 10.9. The molecule has 1 N–H and O–H groups in total. The van der Waals surface area contributed by atoms with Crippen LogP contribution in [-0.4, -0.2) is 16.0 Å². The molecule has 0 radical (unpaired) electrons. The molecular formula is C23H25NO. The van der Waals surface area contributed by atoms with Gasteiger partial charge >= 0.3 is 0 Å². The fraction of sp³-hybridized carbons (Fsp3) is 0.217. The zero-order chi connectivity index (χ0) is 17.5. The van der Waals surface area contributed by atoms with E-state index < -0.39 is 6.10 Å². The Morgan fingerprint density at radius 3 is 1.52 bits per heavy atom. The van der Waals surface area contributed by atoms with E-state index in [1.807, 2.05) is 42.5 Å². The van der Waals surface area contributed by atoms with E-state index in [2.05, 4.69) is 60.4 Å². The third kappa shape index (κ3) is 4.79. The Hall–Kier alpha value is -2.42. The smallest absolute Gasteiger partial charge is 0.0942 e. The molecule has 3 aromatic rings. The molecule has 0 saturated carbocycles. The van der Waals surface area contributed by atoms with Gasteiger partial charge in [-0.1, -0.05) is 91.0 Å². The summed E-state index contributed by atoms with van der Waals surface area (Å²) in [6.45, 7) is 3.71. The van der Waals surface area contributed by atoms with Crippen LogP contribution in [0, 0.1) is 0 Å². The Morgan fingerprint density at radius 1 is 0.680 bits per heavy atom. The van der Waals surface area contributed by atoms with Crippen molar-refractivity contribution in [3.05, 3.63) is 108 Å². The van der Waals surface area contributed by atoms with E-state index >= 15 is 0 Å². The van der Waals surface area contributed by atoms with Gasteiger partial charge in [0.15, 0.2) is 0 Å². The predicted molar refractivity (Wildman–Crippen MR) is 103 cm³/mol. The van der Waals surface area contributed by atoms with Gasteiger partial charge in [0.2, 0.25) is 0 Å². The first-order valence-electron chi connectivity index (χ1n) is 8.79. The molecule has 0 aliphatic heterocycles. The van der Waals surface area contributed by atoms with Gasteiger partial charge in [-0.05, 0) is 23.6 Å². The summed E-state index contributed by atoms with van der Waals surface area (Å²) in [5, 5.41) is 10.9. The minimum atomic E-state index is -0.520. The molecule has 0 aliphatic carbocycles. The standard InChI is InChI=1S/C23H25NO/c1-19(23(25)22-15-9-4-10-16-22)24(17-20-11-5-2-6-12-20)18-21-13-7-3-8-14-21/h2-16,19,23,25H,17-18H2,1H3/t19-,23+/m0/s1. The zero-order valence-corrected chi connectivity index (χ0v) is 14.6. The van der Waals surface area contributed by atoms with Gasteiger partial charge in [0.25, 0.3) is 0 Å². The molecule has 0 heterocycles. The minimum absolute atomic E-state index is 0.00260. The van der Waals surface area contributed by atoms with Crippen molar-refractivity contribution >= 4 is 0 Å². The van der Waals surface area contributed by atoms with Crippen LogP contribution in [-0.2, 0) is 13.1 Å². The molecular weight excluding hydrogens is 306 g/mol. The summed E-state index contributed by atoms with van der Waals surface area (Å²) in [5.41, 5.74) is 3.47. The maximum absolute atomic E-state index is 10.9. The molecule has 0 saturated heterocycles. The van der Waals surface area contributed by atoms with Crippen LogP contribution in [0.3, 0.4) is 0 Å². The van der Waals surface area contributed by atoms with Crippen LogP contribution in [0.1, 0.15) is 29.7 Å². The first-order valence-corrected chi connectivity index (χ1v) is 8.79. The molecule has 0 aliphatic rings. The van der Waals surface area contributed by atoms with Crippen molar-refractivity contribution in [3.8, 4) is 0 Å². The number of hydrogen-bond donors (Lipinski definition) is 1. The number of aliphatic hydroxyl groups is 1. The summed E-state index contributed by atoms with van der Waals surface area (Å²) in [5.74, 6) is 0. The monoisotopic (exact) mass is 331 g/mol. The Kier molecular flexibility index (Phi) is 5.99. The van der Waals surface area contributed by atoms with Crippen molar-refractivity contribution in [1.29, 1.82) is 0 Å². The zero-order valence-electron chi connectivity index (χ0n) is 14.6. The molecule has 2 atom stereocenters. The van der Waals surface area contributed by atoms with Gasteiger partial charge in [-0.3, -0.25) is 4.90 Å². The lowest BCUT2D eigenvalue weighted by Gasteiger charge is -2.33. The lowest BCUT2D eigenvalue weighted by Crippen LogP contribution is -2.36. The van der Waals surface area contributed by atoms with E-state index in [1.54, 1.807) is 0 Å². The minimum Gasteiger partial charge on any atom is -0.387 e. The summed E-state index contributed by atoms with van der Waals surface area (Å²) in [4.78, 5) is 2.34. The quantitative estimate of drug-likeness (QED) is 0.671. The van der Waals surface area contributed by atoms with Crippen LogP contribution in [0.4, 0.5) is 0 Å². The van der Waals surface area contributed by atoms with Gasteiger partial charge in [0, 0.05) is 19.1 Å². The topological polar surface area (TPSA) is 23.5 Å². The molecule has 3 rings (SSSR count). The second-order valence-electron chi connectivity index (χ2n) is 6.47. The van der Waals surface area contributed by atoms with Crippen LogP contribution >= 0.6 is 0 Å². The van der Waals surface area contributed by atoms with E-state index in [0.717, 1.165) is 18.7 Å². The second kappa shape index (κ2) is 8.61. The first kappa shape index (κ1) is 17.4. The van der Waals surface area contributed by atoms with Gasteiger partial charge < -0.3 is 5.11 Å². The summed E-state index contributed by atoms with van der Waals surface area (Å²) < 4.78 is 0. The largest absolute Gasteiger partial charge is 0.387 e. The Morgan fingerprint density at radius 2 is 1.08 bits per heavy atom. The molecule has 0 aromatic heterocycles. The Bertz CT molecular complexity index is 701. The molecule has 3 aromatic carbocycles. The van der Waals surface area contributed by atoms with Gasteiger partial charge in [-0.15, -0.1) is 0 Å². The average molecular weight is 331 g/mol. The molecule has 0 unspecified atom stereocenters. The summed E-state index contributed by atoms with van der Waals surface area (Å²) >= 11 is 0. The average Bonchev–Trinajstić information content (AvgIpc) is 2.68. The highest BCUT2D eigenvalue weighted by Crippen LogP contribution is 2.24. The second-order valence-corrected chi connectivity index (χ2v) is 6.47. The molecule has 2 nitrogen and oxygen atoms in total. The summed E-state index contributed by atoms with van der Waals surface area (Å²) in [6.07, 6.45) is -0.520. The van der Waals surface area contributed by atoms with E-state index in [-0.39, 0.29) is 6.04 Å². The normalized spacial score (nSPS) is 13.6. The highest BCUT2D eigenvalue weighted by molar-refractivity contribution is 5.21. The van der Waals surface area contributed by atoms with Gasteiger partial charge in [0.05, 0.1) is 6.10 Å². The van der Waals surface area contributed by atoms with Crippen molar-refractivity contribution in [2.24, 2.45) is 0 Å². The van der Waals surface area contributed by atoms with Crippen molar-refractivity contribution in [2.75, 3.05) is 0 Å². The third-order valence-corrected chi connectivity index (χ3v) is 4.63.